The van der Waals surface area contributed by atoms with Gasteiger partial charge in [-0.3, -0.25) is 0 Å². The van der Waals surface area contributed by atoms with Crippen molar-refractivity contribution < 1.29 is 4.42 Å². The Kier molecular flexibility index (Phi) is 3.05. The van der Waals surface area contributed by atoms with Gasteiger partial charge in [0.15, 0.2) is 0 Å². The summed E-state index contributed by atoms with van der Waals surface area (Å²) in [6, 6.07) is 2.14. The molecule has 2 N–H and O–H groups in total. The van der Waals surface area contributed by atoms with Crippen LogP contribution >= 0.6 is 0 Å². The molecule has 0 aliphatic heterocycles. The summed E-state index contributed by atoms with van der Waals surface area (Å²) >= 11 is 0. The molecule has 0 aromatic carbocycles. The first-order chi connectivity index (χ1) is 6.29. The molecule has 2 heteroatoms. The molecule has 0 amide bonds. The molecule has 1 aromatic rings. The van der Waals surface area contributed by atoms with Gasteiger partial charge in [0.1, 0.15) is 11.5 Å². The van der Waals surface area contributed by atoms with Crippen LogP contribution in [0.25, 0.3) is 0 Å². The molecule has 0 aliphatic rings. The van der Waals surface area contributed by atoms with Gasteiger partial charge >= 0.3 is 0 Å². The van der Waals surface area contributed by atoms with Crippen LogP contribution in [0, 0.1) is 19.3 Å². The maximum absolute atomic E-state index is 6.14. The Morgan fingerprint density at radius 3 is 2.29 bits per heavy atom. The van der Waals surface area contributed by atoms with Crippen LogP contribution in [0.15, 0.2) is 10.5 Å². The van der Waals surface area contributed by atoms with Gasteiger partial charge in [-0.15, -0.1) is 0 Å². The summed E-state index contributed by atoms with van der Waals surface area (Å²) in [5, 5.41) is 0. The third-order valence-corrected chi connectivity index (χ3v) is 2.31. The van der Waals surface area contributed by atoms with Crippen molar-refractivity contribution in [1.29, 1.82) is 0 Å². The molecule has 2 nitrogen and oxygen atoms in total. The van der Waals surface area contributed by atoms with E-state index < -0.39 is 0 Å². The number of rotatable bonds is 2. The molecule has 0 spiro atoms. The van der Waals surface area contributed by atoms with Crippen LogP contribution in [0.4, 0.5) is 0 Å². The second kappa shape index (κ2) is 3.77. The van der Waals surface area contributed by atoms with Gasteiger partial charge in [0, 0.05) is 11.6 Å². The zero-order chi connectivity index (χ0) is 10.9. The van der Waals surface area contributed by atoms with Crippen LogP contribution in [0.3, 0.4) is 0 Å². The van der Waals surface area contributed by atoms with E-state index in [0.717, 1.165) is 23.5 Å². The first-order valence-electron chi connectivity index (χ1n) is 5.12. The largest absolute Gasteiger partial charge is 0.466 e. The van der Waals surface area contributed by atoms with Crippen LogP contribution in [0.1, 0.15) is 50.3 Å². The Balaban J connectivity index is 2.79. The van der Waals surface area contributed by atoms with E-state index in [4.69, 9.17) is 10.2 Å². The van der Waals surface area contributed by atoms with E-state index in [9.17, 15) is 0 Å². The molecule has 1 heterocycles. The molecule has 14 heavy (non-hydrogen) atoms. The van der Waals surface area contributed by atoms with Crippen molar-refractivity contribution in [2.24, 2.45) is 11.1 Å². The first-order valence-corrected chi connectivity index (χ1v) is 5.12. The van der Waals surface area contributed by atoms with E-state index in [1.54, 1.807) is 0 Å². The normalized spacial score (nSPS) is 14.4. The number of aryl methyl sites for hydroxylation is 2. The van der Waals surface area contributed by atoms with E-state index in [1.807, 2.05) is 19.9 Å². The van der Waals surface area contributed by atoms with Gasteiger partial charge < -0.3 is 10.2 Å². The quantitative estimate of drug-likeness (QED) is 0.786. The number of hydrogen-bond acceptors (Lipinski definition) is 2. The first kappa shape index (κ1) is 11.3. The van der Waals surface area contributed by atoms with Gasteiger partial charge in [-0.2, -0.15) is 0 Å². The molecule has 0 aliphatic carbocycles. The third-order valence-electron chi connectivity index (χ3n) is 2.31. The van der Waals surface area contributed by atoms with E-state index in [1.165, 1.54) is 0 Å². The summed E-state index contributed by atoms with van der Waals surface area (Å²) in [5.74, 6) is 1.90. The summed E-state index contributed by atoms with van der Waals surface area (Å²) in [6.07, 6.45) is 0.979. The Bertz CT molecular complexity index is 307. The Morgan fingerprint density at radius 2 is 1.93 bits per heavy atom. The molecule has 1 atom stereocenters. The topological polar surface area (TPSA) is 39.2 Å². The van der Waals surface area contributed by atoms with Gasteiger partial charge in [0.2, 0.25) is 0 Å². The minimum absolute atomic E-state index is 0.0902. The minimum Gasteiger partial charge on any atom is -0.466 e. The molecule has 80 valence electrons. The summed E-state index contributed by atoms with van der Waals surface area (Å²) in [7, 11) is 0. The molecule has 0 saturated heterocycles. The van der Waals surface area contributed by atoms with Gasteiger partial charge in [0.25, 0.3) is 0 Å². The number of furan rings is 1. The predicted octanol–water partition coefficient (Wildman–Crippen LogP) is 3.33. The fourth-order valence-electron chi connectivity index (χ4n) is 1.79. The van der Waals surface area contributed by atoms with E-state index in [0.29, 0.717) is 0 Å². The van der Waals surface area contributed by atoms with Crippen molar-refractivity contribution in [3.63, 3.8) is 0 Å². The zero-order valence-corrected chi connectivity index (χ0v) is 9.85. The standard InChI is InChI=1S/C12H21NO/c1-8-6-10(9(2)14-8)11(13)7-12(3,4)5/h6,11H,7,13H2,1-5H3. The minimum atomic E-state index is 0.0902. The van der Waals surface area contributed by atoms with E-state index in [2.05, 4.69) is 20.8 Å². The highest BCUT2D eigenvalue weighted by atomic mass is 16.3. The van der Waals surface area contributed by atoms with Crippen molar-refractivity contribution in [2.75, 3.05) is 0 Å². The average molecular weight is 195 g/mol. The van der Waals surface area contributed by atoms with Crippen LogP contribution in [0.2, 0.25) is 0 Å². The van der Waals surface area contributed by atoms with Crippen molar-refractivity contribution in [2.45, 2.75) is 47.1 Å². The number of nitrogens with two attached hydrogens (primary N) is 1. The molecule has 1 unspecified atom stereocenters. The Morgan fingerprint density at radius 1 is 1.36 bits per heavy atom. The Hall–Kier alpha value is -0.760. The van der Waals surface area contributed by atoms with Crippen LogP contribution in [0.5, 0.6) is 0 Å². The summed E-state index contributed by atoms with van der Waals surface area (Å²) in [6.45, 7) is 10.5. The maximum Gasteiger partial charge on any atom is 0.105 e. The second-order valence-electron chi connectivity index (χ2n) is 5.24. The lowest BCUT2D eigenvalue weighted by Gasteiger charge is -2.22. The van der Waals surface area contributed by atoms with E-state index in [-0.39, 0.29) is 11.5 Å². The lowest BCUT2D eigenvalue weighted by molar-refractivity contribution is 0.340. The molecule has 0 bridgehead atoms. The maximum atomic E-state index is 6.14. The lowest BCUT2D eigenvalue weighted by Crippen LogP contribution is -2.18. The van der Waals surface area contributed by atoms with Crippen LogP contribution < -0.4 is 5.73 Å². The van der Waals surface area contributed by atoms with Crippen LogP contribution in [-0.4, -0.2) is 0 Å². The van der Waals surface area contributed by atoms with Crippen LogP contribution in [-0.2, 0) is 0 Å². The second-order valence-corrected chi connectivity index (χ2v) is 5.24. The predicted molar refractivity (Wildman–Crippen MR) is 59.2 cm³/mol. The van der Waals surface area contributed by atoms with Crippen molar-refractivity contribution in [3.05, 3.63) is 23.2 Å². The van der Waals surface area contributed by atoms with Crippen molar-refractivity contribution in [3.8, 4) is 0 Å². The number of hydrogen-bond donors (Lipinski definition) is 1. The highest BCUT2D eigenvalue weighted by molar-refractivity contribution is 5.23. The molecule has 1 rings (SSSR count). The Labute approximate surface area is 86.5 Å². The van der Waals surface area contributed by atoms with Crippen molar-refractivity contribution in [1.82, 2.24) is 0 Å². The van der Waals surface area contributed by atoms with Gasteiger partial charge in [-0.1, -0.05) is 20.8 Å². The SMILES string of the molecule is Cc1cc(C(N)CC(C)(C)C)c(C)o1. The molecule has 0 saturated carbocycles. The highest BCUT2D eigenvalue weighted by Crippen LogP contribution is 2.30. The van der Waals surface area contributed by atoms with Gasteiger partial charge in [-0.05, 0) is 31.7 Å². The monoisotopic (exact) mass is 195 g/mol. The van der Waals surface area contributed by atoms with Gasteiger partial charge in [0.05, 0.1) is 0 Å². The summed E-state index contributed by atoms with van der Waals surface area (Å²) in [4.78, 5) is 0. The highest BCUT2D eigenvalue weighted by Gasteiger charge is 2.20. The lowest BCUT2D eigenvalue weighted by atomic mass is 9.86. The zero-order valence-electron chi connectivity index (χ0n) is 9.85. The molecular weight excluding hydrogens is 174 g/mol. The smallest absolute Gasteiger partial charge is 0.105 e. The van der Waals surface area contributed by atoms with Gasteiger partial charge in [-0.25, -0.2) is 0 Å². The fraction of sp³-hybridized carbons (Fsp3) is 0.667. The molecule has 0 radical (unpaired) electrons. The fourth-order valence-corrected chi connectivity index (χ4v) is 1.79. The summed E-state index contributed by atoms with van der Waals surface area (Å²) < 4.78 is 5.47. The van der Waals surface area contributed by atoms with E-state index >= 15 is 0 Å². The molecule has 1 aromatic heterocycles. The average Bonchev–Trinajstić information content (AvgIpc) is 2.26. The molecular formula is C12H21NO. The molecule has 0 fully saturated rings. The third kappa shape index (κ3) is 2.88. The van der Waals surface area contributed by atoms with Crippen molar-refractivity contribution >= 4 is 0 Å². The summed E-state index contributed by atoms with van der Waals surface area (Å²) in [5.41, 5.74) is 7.55.